The molecular formula is C18H18O4. The van der Waals surface area contributed by atoms with Crippen molar-refractivity contribution < 1.29 is 19.1 Å². The van der Waals surface area contributed by atoms with E-state index in [1.165, 1.54) is 13.0 Å². The number of ketones is 1. The minimum atomic E-state index is -0.400. The average Bonchev–Trinajstić information content (AvgIpc) is 2.54. The van der Waals surface area contributed by atoms with E-state index in [1.807, 2.05) is 30.3 Å². The predicted molar refractivity (Wildman–Crippen MR) is 83.9 cm³/mol. The highest BCUT2D eigenvalue weighted by Gasteiger charge is 2.12. The quantitative estimate of drug-likeness (QED) is 0.787. The first-order valence-corrected chi connectivity index (χ1v) is 7.09. The van der Waals surface area contributed by atoms with Gasteiger partial charge in [-0.2, -0.15) is 0 Å². The molecule has 1 aromatic rings. The highest BCUT2D eigenvalue weighted by Crippen LogP contribution is 2.22. The Morgan fingerprint density at radius 1 is 1.14 bits per heavy atom. The normalized spacial score (nSPS) is 22.5. The first-order valence-electron chi connectivity index (χ1n) is 7.09. The predicted octanol–water partition coefficient (Wildman–Crippen LogP) is 3.06. The molecule has 1 aromatic carbocycles. The molecule has 0 saturated carbocycles. The molecule has 0 saturated heterocycles. The molecule has 0 N–H and O–H groups in total. The van der Waals surface area contributed by atoms with Gasteiger partial charge in [-0.15, -0.1) is 0 Å². The molecule has 2 rings (SSSR count). The number of carbonyl (C=O) groups is 2. The molecule has 22 heavy (non-hydrogen) atoms. The van der Waals surface area contributed by atoms with Crippen LogP contribution in [0.5, 0.6) is 0 Å². The summed E-state index contributed by atoms with van der Waals surface area (Å²) in [6, 6.07) is 9.59. The fourth-order valence-electron chi connectivity index (χ4n) is 2.02. The van der Waals surface area contributed by atoms with Gasteiger partial charge < -0.3 is 9.47 Å². The molecule has 1 aliphatic rings. The minimum Gasteiger partial charge on any atom is -0.426 e. The van der Waals surface area contributed by atoms with Crippen molar-refractivity contribution in [2.75, 3.05) is 13.2 Å². The van der Waals surface area contributed by atoms with Gasteiger partial charge in [0.15, 0.2) is 5.78 Å². The highest BCUT2D eigenvalue weighted by atomic mass is 16.5. The van der Waals surface area contributed by atoms with Crippen LogP contribution in [0.15, 0.2) is 60.4 Å². The van der Waals surface area contributed by atoms with E-state index in [2.05, 4.69) is 0 Å². The zero-order valence-corrected chi connectivity index (χ0v) is 12.5. The highest BCUT2D eigenvalue weighted by molar-refractivity contribution is 5.90. The van der Waals surface area contributed by atoms with E-state index >= 15 is 0 Å². The van der Waals surface area contributed by atoms with Crippen molar-refractivity contribution in [2.45, 2.75) is 13.3 Å². The molecule has 0 amide bonds. The van der Waals surface area contributed by atoms with Crippen LogP contribution in [0.25, 0.3) is 5.57 Å². The van der Waals surface area contributed by atoms with Crippen molar-refractivity contribution >= 4 is 17.3 Å². The molecule has 0 fully saturated rings. The maximum atomic E-state index is 11.5. The third-order valence-corrected chi connectivity index (χ3v) is 3.05. The second kappa shape index (κ2) is 8.10. The Bertz CT molecular complexity index is 624. The van der Waals surface area contributed by atoms with E-state index < -0.39 is 5.97 Å². The van der Waals surface area contributed by atoms with Crippen LogP contribution in [0.1, 0.15) is 18.9 Å². The van der Waals surface area contributed by atoms with Gasteiger partial charge in [0.05, 0.1) is 13.2 Å². The third-order valence-electron chi connectivity index (χ3n) is 3.05. The number of allylic oxidation sites excluding steroid dienone is 4. The van der Waals surface area contributed by atoms with Crippen LogP contribution in [-0.4, -0.2) is 25.0 Å². The summed E-state index contributed by atoms with van der Waals surface area (Å²) in [6.07, 6.45) is 6.81. The summed E-state index contributed by atoms with van der Waals surface area (Å²) in [7, 11) is 0. The topological polar surface area (TPSA) is 52.6 Å². The number of carbonyl (C=O) groups excluding carboxylic acids is 2. The fraction of sp³-hybridized carbons (Fsp3) is 0.222. The van der Waals surface area contributed by atoms with Crippen LogP contribution in [0.3, 0.4) is 0 Å². The van der Waals surface area contributed by atoms with E-state index in [0.717, 1.165) is 11.1 Å². The van der Waals surface area contributed by atoms with Crippen LogP contribution in [0, 0.1) is 0 Å². The zero-order valence-electron chi connectivity index (χ0n) is 12.5. The molecule has 114 valence electrons. The molecule has 1 heterocycles. The Morgan fingerprint density at radius 2 is 1.86 bits per heavy atom. The molecule has 4 heteroatoms. The molecule has 0 bridgehead atoms. The van der Waals surface area contributed by atoms with E-state index in [0.29, 0.717) is 18.8 Å². The SMILES string of the molecule is CC(=O)OC1=C(\c2ccccc2)COCCC(=O)/C=C/C=C\1. The lowest BCUT2D eigenvalue weighted by Crippen LogP contribution is -2.07. The monoisotopic (exact) mass is 298 g/mol. The fourth-order valence-corrected chi connectivity index (χ4v) is 2.02. The van der Waals surface area contributed by atoms with Crippen molar-refractivity contribution in [2.24, 2.45) is 0 Å². The van der Waals surface area contributed by atoms with Gasteiger partial charge in [-0.3, -0.25) is 9.59 Å². The van der Waals surface area contributed by atoms with Crippen molar-refractivity contribution in [3.63, 3.8) is 0 Å². The third kappa shape index (κ3) is 4.82. The van der Waals surface area contributed by atoms with E-state index in [4.69, 9.17) is 9.47 Å². The minimum absolute atomic E-state index is 0.00171. The molecule has 0 unspecified atom stereocenters. The molecule has 1 aliphatic heterocycles. The van der Waals surface area contributed by atoms with Gasteiger partial charge in [-0.1, -0.05) is 42.5 Å². The molecule has 0 atom stereocenters. The maximum Gasteiger partial charge on any atom is 0.308 e. The smallest absolute Gasteiger partial charge is 0.308 e. The molecule has 0 radical (unpaired) electrons. The number of ether oxygens (including phenoxy) is 2. The van der Waals surface area contributed by atoms with E-state index in [9.17, 15) is 9.59 Å². The van der Waals surface area contributed by atoms with Crippen LogP contribution < -0.4 is 0 Å². The first-order chi connectivity index (χ1) is 10.7. The zero-order chi connectivity index (χ0) is 15.8. The van der Waals surface area contributed by atoms with Gasteiger partial charge >= 0.3 is 5.97 Å². The molecule has 4 nitrogen and oxygen atoms in total. The van der Waals surface area contributed by atoms with Gasteiger partial charge in [0.1, 0.15) is 5.76 Å². The summed E-state index contributed by atoms with van der Waals surface area (Å²) < 4.78 is 10.9. The van der Waals surface area contributed by atoms with Crippen LogP contribution in [-0.2, 0) is 19.1 Å². The lowest BCUT2D eigenvalue weighted by molar-refractivity contribution is -0.136. The number of esters is 1. The number of rotatable bonds is 2. The standard InChI is InChI=1S/C18H18O4/c1-14(19)22-18-10-6-5-9-16(20)11-12-21-13-17(18)15-7-3-2-4-8-15/h2-10H,11-13H2,1H3/b9-5+,10-6-,18-17-. The van der Waals surface area contributed by atoms with Gasteiger partial charge in [-0.05, 0) is 17.7 Å². The summed E-state index contributed by atoms with van der Waals surface area (Å²) in [5, 5.41) is 0. The lowest BCUT2D eigenvalue weighted by Gasteiger charge is -2.13. The Labute approximate surface area is 129 Å². The van der Waals surface area contributed by atoms with E-state index in [1.54, 1.807) is 18.2 Å². The van der Waals surface area contributed by atoms with Crippen molar-refractivity contribution in [3.8, 4) is 0 Å². The number of benzene rings is 1. The second-order valence-electron chi connectivity index (χ2n) is 4.79. The van der Waals surface area contributed by atoms with Crippen molar-refractivity contribution in [3.05, 3.63) is 66.0 Å². The number of hydrogen-bond donors (Lipinski definition) is 0. The lowest BCUT2D eigenvalue weighted by atomic mass is 10.0. The Morgan fingerprint density at radius 3 is 2.59 bits per heavy atom. The van der Waals surface area contributed by atoms with Crippen LogP contribution in [0.2, 0.25) is 0 Å². The summed E-state index contributed by atoms with van der Waals surface area (Å²) in [5.74, 6) is 0.0301. The second-order valence-corrected chi connectivity index (χ2v) is 4.79. The molecule has 0 spiro atoms. The Hall–Kier alpha value is -2.46. The van der Waals surface area contributed by atoms with Crippen molar-refractivity contribution in [1.82, 2.24) is 0 Å². The average molecular weight is 298 g/mol. The molecular weight excluding hydrogens is 280 g/mol. The summed E-state index contributed by atoms with van der Waals surface area (Å²) in [4.78, 5) is 22.9. The molecule has 0 aliphatic carbocycles. The van der Waals surface area contributed by atoms with Crippen LogP contribution >= 0.6 is 0 Å². The first kappa shape index (κ1) is 15.9. The summed E-state index contributed by atoms with van der Waals surface area (Å²) in [6.45, 7) is 1.95. The summed E-state index contributed by atoms with van der Waals surface area (Å²) in [5.41, 5.74) is 1.69. The Balaban J connectivity index is 2.43. The number of hydrogen-bond acceptors (Lipinski definition) is 4. The summed E-state index contributed by atoms with van der Waals surface area (Å²) >= 11 is 0. The van der Waals surface area contributed by atoms with Crippen LogP contribution in [0.4, 0.5) is 0 Å². The van der Waals surface area contributed by atoms with Crippen molar-refractivity contribution in [1.29, 1.82) is 0 Å². The maximum absolute atomic E-state index is 11.5. The van der Waals surface area contributed by atoms with Gasteiger partial charge in [0.2, 0.25) is 0 Å². The van der Waals surface area contributed by atoms with Gasteiger partial charge in [0.25, 0.3) is 0 Å². The molecule has 0 aromatic heterocycles. The van der Waals surface area contributed by atoms with Gasteiger partial charge in [-0.25, -0.2) is 0 Å². The van der Waals surface area contributed by atoms with E-state index in [-0.39, 0.29) is 12.4 Å². The van der Waals surface area contributed by atoms with Gasteiger partial charge in [0, 0.05) is 18.9 Å². The largest absolute Gasteiger partial charge is 0.426 e. The Kier molecular flexibility index (Phi) is 5.86.